The molecule has 2 aliphatic rings. The molecule has 0 aliphatic carbocycles. The van der Waals surface area contributed by atoms with Crippen LogP contribution in [0.3, 0.4) is 0 Å². The average Bonchev–Trinajstić information content (AvgIpc) is 2.59. The Labute approximate surface area is 81.3 Å². The van der Waals surface area contributed by atoms with E-state index in [2.05, 4.69) is 25.7 Å². The van der Waals surface area contributed by atoms with Gasteiger partial charge in [-0.1, -0.05) is 13.8 Å². The Balaban J connectivity index is 1.91. The van der Waals surface area contributed by atoms with Crippen molar-refractivity contribution >= 4 is 0 Å². The van der Waals surface area contributed by atoms with Gasteiger partial charge < -0.3 is 4.74 Å². The van der Waals surface area contributed by atoms with Gasteiger partial charge in [-0.25, -0.2) is 0 Å². The van der Waals surface area contributed by atoms with Crippen molar-refractivity contribution in [3.63, 3.8) is 0 Å². The Morgan fingerprint density at radius 3 is 2.08 bits per heavy atom. The molecule has 0 aromatic carbocycles. The molecular formula is C11H21NO. The second kappa shape index (κ2) is 3.58. The maximum atomic E-state index is 5.47. The summed E-state index contributed by atoms with van der Waals surface area (Å²) in [6.07, 6.45) is 0. The third kappa shape index (κ3) is 1.75. The van der Waals surface area contributed by atoms with Crippen LogP contribution in [0.5, 0.6) is 0 Å². The lowest BCUT2D eigenvalue weighted by Gasteiger charge is -2.28. The number of likely N-dealkylation sites (tertiary alicyclic amines) is 1. The molecule has 2 aliphatic heterocycles. The van der Waals surface area contributed by atoms with E-state index in [1.54, 1.807) is 0 Å². The fraction of sp³-hybridized carbons (Fsp3) is 1.00. The van der Waals surface area contributed by atoms with Crippen molar-refractivity contribution in [2.45, 2.75) is 26.8 Å². The summed E-state index contributed by atoms with van der Waals surface area (Å²) in [5.74, 6) is 2.45. The summed E-state index contributed by atoms with van der Waals surface area (Å²) in [4.78, 5) is 2.64. The third-order valence-electron chi connectivity index (χ3n) is 3.81. The van der Waals surface area contributed by atoms with E-state index in [4.69, 9.17) is 4.74 Å². The molecule has 0 spiro atoms. The second-order valence-corrected chi connectivity index (χ2v) is 5.00. The molecule has 3 atom stereocenters. The van der Waals surface area contributed by atoms with Crippen LogP contribution in [0.25, 0.3) is 0 Å². The fourth-order valence-corrected chi connectivity index (χ4v) is 2.48. The van der Waals surface area contributed by atoms with E-state index in [1.807, 2.05) is 0 Å². The predicted molar refractivity (Wildman–Crippen MR) is 53.7 cm³/mol. The molecule has 0 bridgehead atoms. The van der Waals surface area contributed by atoms with Gasteiger partial charge in [-0.2, -0.15) is 0 Å². The van der Waals surface area contributed by atoms with Gasteiger partial charge in [0.05, 0.1) is 13.2 Å². The molecule has 0 N–H and O–H groups in total. The summed E-state index contributed by atoms with van der Waals surface area (Å²) < 4.78 is 5.47. The molecule has 2 heterocycles. The molecule has 0 unspecified atom stereocenters. The van der Waals surface area contributed by atoms with Crippen molar-refractivity contribution < 1.29 is 4.74 Å². The predicted octanol–water partition coefficient (Wildman–Crippen LogP) is 1.61. The van der Waals surface area contributed by atoms with E-state index in [1.165, 1.54) is 13.1 Å². The number of rotatable bonds is 2. The largest absolute Gasteiger partial charge is 0.381 e. The van der Waals surface area contributed by atoms with Crippen LogP contribution in [-0.2, 0) is 4.74 Å². The zero-order valence-corrected chi connectivity index (χ0v) is 8.99. The van der Waals surface area contributed by atoms with Gasteiger partial charge in [-0.3, -0.25) is 4.90 Å². The van der Waals surface area contributed by atoms with Crippen molar-refractivity contribution in [2.75, 3.05) is 26.3 Å². The maximum Gasteiger partial charge on any atom is 0.0510 e. The Kier molecular flexibility index (Phi) is 2.61. The lowest BCUT2D eigenvalue weighted by molar-refractivity contribution is 0.130. The van der Waals surface area contributed by atoms with Gasteiger partial charge in [0, 0.05) is 31.0 Å². The molecule has 2 heteroatoms. The summed E-state index contributed by atoms with van der Waals surface area (Å²) >= 11 is 0. The lowest BCUT2D eigenvalue weighted by Crippen LogP contribution is -2.35. The smallest absolute Gasteiger partial charge is 0.0510 e. The van der Waals surface area contributed by atoms with Gasteiger partial charge in [0.1, 0.15) is 0 Å². The van der Waals surface area contributed by atoms with Crippen LogP contribution < -0.4 is 0 Å². The molecule has 76 valence electrons. The zero-order valence-electron chi connectivity index (χ0n) is 8.99. The molecule has 2 fully saturated rings. The Hall–Kier alpha value is -0.0800. The quantitative estimate of drug-likeness (QED) is 0.645. The molecular weight excluding hydrogens is 162 g/mol. The van der Waals surface area contributed by atoms with Crippen LogP contribution >= 0.6 is 0 Å². The molecule has 0 radical (unpaired) electrons. The Bertz CT molecular complexity index is 169. The maximum absolute atomic E-state index is 5.47. The minimum Gasteiger partial charge on any atom is -0.381 e. The van der Waals surface area contributed by atoms with E-state index in [9.17, 15) is 0 Å². The number of nitrogens with zero attached hydrogens (tertiary/aromatic N) is 1. The van der Waals surface area contributed by atoms with Crippen molar-refractivity contribution in [1.29, 1.82) is 0 Å². The summed E-state index contributed by atoms with van der Waals surface area (Å²) in [6, 6.07) is 0.741. The van der Waals surface area contributed by atoms with Gasteiger partial charge in [0.15, 0.2) is 0 Å². The highest BCUT2D eigenvalue weighted by molar-refractivity contribution is 4.89. The first kappa shape index (κ1) is 9.47. The van der Waals surface area contributed by atoms with Crippen molar-refractivity contribution in [3.05, 3.63) is 0 Å². The average molecular weight is 183 g/mol. The second-order valence-electron chi connectivity index (χ2n) is 5.00. The van der Waals surface area contributed by atoms with Crippen LogP contribution in [0, 0.1) is 17.8 Å². The van der Waals surface area contributed by atoms with Crippen LogP contribution in [0.1, 0.15) is 20.8 Å². The van der Waals surface area contributed by atoms with E-state index >= 15 is 0 Å². The van der Waals surface area contributed by atoms with Crippen molar-refractivity contribution in [3.8, 4) is 0 Å². The highest BCUT2D eigenvalue weighted by Gasteiger charge is 2.38. The standard InChI is InChI=1S/C11H21NO/c1-8(2)9(3)12-4-10-6-13-7-11(10)5-12/h8-11H,4-7H2,1-3H3/t9-,10-,11+/m0/s1. The molecule has 2 saturated heterocycles. The fourth-order valence-electron chi connectivity index (χ4n) is 2.48. The van der Waals surface area contributed by atoms with E-state index in [0.29, 0.717) is 0 Å². The van der Waals surface area contributed by atoms with Crippen molar-refractivity contribution in [1.82, 2.24) is 4.90 Å². The van der Waals surface area contributed by atoms with Crippen LogP contribution in [0.15, 0.2) is 0 Å². The normalized spacial score (nSPS) is 36.9. The molecule has 0 saturated carbocycles. The van der Waals surface area contributed by atoms with Gasteiger partial charge in [-0.05, 0) is 12.8 Å². The first-order valence-corrected chi connectivity index (χ1v) is 5.50. The summed E-state index contributed by atoms with van der Waals surface area (Å²) in [7, 11) is 0. The van der Waals surface area contributed by atoms with Crippen LogP contribution in [0.2, 0.25) is 0 Å². The molecule has 0 amide bonds. The Morgan fingerprint density at radius 1 is 1.08 bits per heavy atom. The minimum absolute atomic E-state index is 0.741. The highest BCUT2D eigenvalue weighted by Crippen LogP contribution is 2.31. The number of ether oxygens (including phenoxy) is 1. The van der Waals surface area contributed by atoms with Gasteiger partial charge >= 0.3 is 0 Å². The Morgan fingerprint density at radius 2 is 1.62 bits per heavy atom. The van der Waals surface area contributed by atoms with E-state index in [0.717, 1.165) is 37.0 Å². The van der Waals surface area contributed by atoms with Gasteiger partial charge in [-0.15, -0.1) is 0 Å². The molecule has 2 rings (SSSR count). The number of hydrogen-bond donors (Lipinski definition) is 0. The molecule has 13 heavy (non-hydrogen) atoms. The number of hydrogen-bond acceptors (Lipinski definition) is 2. The molecule has 2 nitrogen and oxygen atoms in total. The number of fused-ring (bicyclic) bond motifs is 1. The highest BCUT2D eigenvalue weighted by atomic mass is 16.5. The van der Waals surface area contributed by atoms with E-state index in [-0.39, 0.29) is 0 Å². The van der Waals surface area contributed by atoms with Crippen LogP contribution in [-0.4, -0.2) is 37.2 Å². The van der Waals surface area contributed by atoms with Crippen molar-refractivity contribution in [2.24, 2.45) is 17.8 Å². The SMILES string of the molecule is CC(C)[C@H](C)N1C[C@H]2COC[C@H]2C1. The van der Waals surface area contributed by atoms with Crippen LogP contribution in [0.4, 0.5) is 0 Å². The van der Waals surface area contributed by atoms with Gasteiger partial charge in [0.2, 0.25) is 0 Å². The summed E-state index contributed by atoms with van der Waals surface area (Å²) in [5.41, 5.74) is 0. The lowest BCUT2D eigenvalue weighted by atomic mass is 10.0. The molecule has 0 aromatic heterocycles. The third-order valence-corrected chi connectivity index (χ3v) is 3.81. The topological polar surface area (TPSA) is 12.5 Å². The van der Waals surface area contributed by atoms with E-state index < -0.39 is 0 Å². The monoisotopic (exact) mass is 183 g/mol. The van der Waals surface area contributed by atoms with Gasteiger partial charge in [0.25, 0.3) is 0 Å². The minimum atomic E-state index is 0.741. The molecule has 0 aromatic rings. The first-order valence-electron chi connectivity index (χ1n) is 5.50. The summed E-state index contributed by atoms with van der Waals surface area (Å²) in [6.45, 7) is 11.5. The zero-order chi connectivity index (χ0) is 9.42. The first-order chi connectivity index (χ1) is 6.18. The summed E-state index contributed by atoms with van der Waals surface area (Å²) in [5, 5.41) is 0.